The third kappa shape index (κ3) is 5.10. The molecule has 0 saturated carbocycles. The van der Waals surface area contributed by atoms with Gasteiger partial charge in [0, 0.05) is 26.2 Å². The van der Waals surface area contributed by atoms with Crippen molar-refractivity contribution in [2.24, 2.45) is 5.92 Å². The highest BCUT2D eigenvalue weighted by molar-refractivity contribution is 5.74. The summed E-state index contributed by atoms with van der Waals surface area (Å²) in [4.78, 5) is 13.9. The predicted molar refractivity (Wildman–Crippen MR) is 85.8 cm³/mol. The van der Waals surface area contributed by atoms with Gasteiger partial charge >= 0.3 is 6.03 Å². The zero-order chi connectivity index (χ0) is 16.8. The molecule has 0 unspecified atom stereocenters. The first kappa shape index (κ1) is 17.5. The predicted octanol–water partition coefficient (Wildman–Crippen LogP) is 2.53. The Morgan fingerprint density at radius 3 is 2.96 bits per heavy atom. The van der Waals surface area contributed by atoms with E-state index >= 15 is 0 Å². The monoisotopic (exact) mass is 324 g/mol. The minimum absolute atomic E-state index is 0.0892. The first-order valence-corrected chi connectivity index (χ1v) is 8.08. The molecule has 2 rings (SSSR count). The van der Waals surface area contributed by atoms with Gasteiger partial charge in [-0.25, -0.2) is 9.18 Å². The average Bonchev–Trinajstić information content (AvgIpc) is 2.54. The zero-order valence-corrected chi connectivity index (χ0v) is 13.7. The molecule has 1 atom stereocenters. The Labute approximate surface area is 136 Å². The molecule has 23 heavy (non-hydrogen) atoms. The van der Waals surface area contributed by atoms with Crippen LogP contribution in [0.2, 0.25) is 0 Å². The number of hydrogen-bond donors (Lipinski definition) is 2. The molecular weight excluding hydrogens is 299 g/mol. The number of carbonyl (C=O) groups excluding carboxylic acids is 1. The van der Waals surface area contributed by atoms with Crippen LogP contribution >= 0.6 is 0 Å². The molecule has 1 fully saturated rings. The normalized spacial score (nSPS) is 18.1. The Bertz CT molecular complexity index is 537. The Hall–Kier alpha value is -1.82. The Morgan fingerprint density at radius 2 is 2.30 bits per heavy atom. The van der Waals surface area contributed by atoms with Gasteiger partial charge < -0.3 is 20.1 Å². The molecule has 0 aliphatic carbocycles. The summed E-state index contributed by atoms with van der Waals surface area (Å²) in [5.41, 5.74) is 0.683. The van der Waals surface area contributed by atoms with Crippen LogP contribution in [-0.2, 0) is 6.54 Å². The van der Waals surface area contributed by atoms with Gasteiger partial charge in [0.05, 0.1) is 6.10 Å². The third-order valence-electron chi connectivity index (χ3n) is 3.87. The summed E-state index contributed by atoms with van der Waals surface area (Å²) < 4.78 is 19.3. The molecule has 1 aromatic carbocycles. The summed E-state index contributed by atoms with van der Waals surface area (Å²) in [6.45, 7) is 5.30. The van der Waals surface area contributed by atoms with Crippen LogP contribution in [-0.4, -0.2) is 41.8 Å². The van der Waals surface area contributed by atoms with Crippen molar-refractivity contribution in [1.82, 2.24) is 10.2 Å². The second-order valence-electron chi connectivity index (χ2n) is 6.23. The summed E-state index contributed by atoms with van der Waals surface area (Å²) in [6.07, 6.45) is 1.76. The lowest BCUT2D eigenvalue weighted by Crippen LogP contribution is -2.45. The van der Waals surface area contributed by atoms with Crippen molar-refractivity contribution >= 4 is 6.03 Å². The zero-order valence-electron chi connectivity index (χ0n) is 13.7. The lowest BCUT2D eigenvalue weighted by Gasteiger charge is -2.31. The molecule has 1 heterocycles. The van der Waals surface area contributed by atoms with Crippen LogP contribution in [0.3, 0.4) is 0 Å². The number of amides is 2. The molecule has 128 valence electrons. The smallest absolute Gasteiger partial charge is 0.317 e. The number of carbonyl (C=O) groups is 1. The second-order valence-corrected chi connectivity index (χ2v) is 6.23. The van der Waals surface area contributed by atoms with E-state index in [1.807, 2.05) is 13.8 Å². The van der Waals surface area contributed by atoms with E-state index in [1.165, 1.54) is 6.07 Å². The average molecular weight is 324 g/mol. The van der Waals surface area contributed by atoms with Gasteiger partial charge in [0.2, 0.25) is 0 Å². The molecule has 1 aliphatic rings. The number of halogens is 1. The van der Waals surface area contributed by atoms with Gasteiger partial charge in [0.1, 0.15) is 0 Å². The number of rotatable bonds is 5. The molecule has 0 bridgehead atoms. The van der Waals surface area contributed by atoms with Crippen LogP contribution in [0.5, 0.6) is 5.75 Å². The summed E-state index contributed by atoms with van der Waals surface area (Å²) in [6, 6.07) is 4.53. The summed E-state index contributed by atoms with van der Waals surface area (Å²) in [7, 11) is 0. The molecule has 1 aliphatic heterocycles. The van der Waals surface area contributed by atoms with Crippen molar-refractivity contribution in [3.8, 4) is 5.75 Å². The molecule has 1 aromatic rings. The Kier molecular flexibility index (Phi) is 6.21. The number of hydrogen-bond acceptors (Lipinski definition) is 3. The van der Waals surface area contributed by atoms with Gasteiger partial charge in [0.25, 0.3) is 0 Å². The van der Waals surface area contributed by atoms with E-state index in [0.717, 1.165) is 12.8 Å². The van der Waals surface area contributed by atoms with E-state index in [0.29, 0.717) is 18.7 Å². The fourth-order valence-electron chi connectivity index (χ4n) is 2.69. The highest BCUT2D eigenvalue weighted by atomic mass is 19.1. The fraction of sp³-hybridized carbons (Fsp3) is 0.588. The van der Waals surface area contributed by atoms with Crippen LogP contribution in [0.25, 0.3) is 0 Å². The maximum Gasteiger partial charge on any atom is 0.317 e. The maximum atomic E-state index is 13.9. The summed E-state index contributed by atoms with van der Waals surface area (Å²) in [5, 5.41) is 12.0. The van der Waals surface area contributed by atoms with E-state index in [1.54, 1.807) is 17.0 Å². The minimum atomic E-state index is -0.427. The van der Waals surface area contributed by atoms with Gasteiger partial charge in [0.15, 0.2) is 11.6 Å². The third-order valence-corrected chi connectivity index (χ3v) is 3.87. The molecule has 1 saturated heterocycles. The number of nitrogens with one attached hydrogen (secondary N) is 1. The summed E-state index contributed by atoms with van der Waals surface area (Å²) in [5.74, 6) is -0.0555. The van der Waals surface area contributed by atoms with Gasteiger partial charge in [-0.3, -0.25) is 0 Å². The van der Waals surface area contributed by atoms with E-state index in [9.17, 15) is 14.3 Å². The first-order chi connectivity index (χ1) is 11.0. The van der Waals surface area contributed by atoms with Crippen LogP contribution in [0.4, 0.5) is 9.18 Å². The molecule has 2 amide bonds. The molecule has 0 radical (unpaired) electrons. The van der Waals surface area contributed by atoms with E-state index < -0.39 is 5.82 Å². The standard InChI is InChI=1S/C17H25FN2O3/c1-12(2)23-16-6-5-13(8-15(16)18)9-19-17(22)20-7-3-4-14(10-20)11-21/h5-6,8,12,14,21H,3-4,7,9-11H2,1-2H3,(H,19,22)/t14-/m1/s1. The molecule has 0 spiro atoms. The highest BCUT2D eigenvalue weighted by Gasteiger charge is 2.22. The second kappa shape index (κ2) is 8.15. The largest absolute Gasteiger partial charge is 0.488 e. The van der Waals surface area contributed by atoms with Gasteiger partial charge in [-0.15, -0.1) is 0 Å². The van der Waals surface area contributed by atoms with Gasteiger partial charge in [-0.2, -0.15) is 0 Å². The SMILES string of the molecule is CC(C)Oc1ccc(CNC(=O)N2CCC[C@@H](CO)C2)cc1F. The van der Waals surface area contributed by atoms with Gasteiger partial charge in [-0.1, -0.05) is 6.07 Å². The Morgan fingerprint density at radius 1 is 1.52 bits per heavy atom. The van der Waals surface area contributed by atoms with Crippen LogP contribution < -0.4 is 10.1 Å². The topological polar surface area (TPSA) is 61.8 Å². The van der Waals surface area contributed by atoms with Crippen molar-refractivity contribution in [1.29, 1.82) is 0 Å². The van der Waals surface area contributed by atoms with Crippen molar-refractivity contribution in [2.75, 3.05) is 19.7 Å². The number of piperidine rings is 1. The Balaban J connectivity index is 1.87. The lowest BCUT2D eigenvalue weighted by atomic mass is 9.99. The molecule has 5 nitrogen and oxygen atoms in total. The maximum absolute atomic E-state index is 13.9. The molecular formula is C17H25FN2O3. The van der Waals surface area contributed by atoms with Gasteiger partial charge in [-0.05, 0) is 50.3 Å². The van der Waals surface area contributed by atoms with E-state index in [-0.39, 0.29) is 37.0 Å². The number of nitrogens with zero attached hydrogens (tertiary/aromatic N) is 1. The van der Waals surface area contributed by atoms with Crippen LogP contribution in [0, 0.1) is 11.7 Å². The number of aliphatic hydroxyl groups is 1. The van der Waals surface area contributed by atoms with Crippen molar-refractivity contribution in [3.05, 3.63) is 29.6 Å². The molecule has 2 N–H and O–H groups in total. The van der Waals surface area contributed by atoms with Crippen molar-refractivity contribution < 1.29 is 19.0 Å². The first-order valence-electron chi connectivity index (χ1n) is 8.08. The van der Waals surface area contributed by atoms with Crippen LogP contribution in [0.15, 0.2) is 18.2 Å². The van der Waals surface area contributed by atoms with E-state index in [4.69, 9.17) is 4.74 Å². The van der Waals surface area contributed by atoms with Crippen molar-refractivity contribution in [2.45, 2.75) is 39.3 Å². The van der Waals surface area contributed by atoms with Crippen molar-refractivity contribution in [3.63, 3.8) is 0 Å². The number of aliphatic hydroxyl groups excluding tert-OH is 1. The number of benzene rings is 1. The number of urea groups is 1. The summed E-state index contributed by atoms with van der Waals surface area (Å²) >= 11 is 0. The number of ether oxygens (including phenoxy) is 1. The fourth-order valence-corrected chi connectivity index (χ4v) is 2.69. The quantitative estimate of drug-likeness (QED) is 0.875. The minimum Gasteiger partial charge on any atom is -0.488 e. The highest BCUT2D eigenvalue weighted by Crippen LogP contribution is 2.20. The van der Waals surface area contributed by atoms with E-state index in [2.05, 4.69) is 5.32 Å². The van der Waals surface area contributed by atoms with Crippen LogP contribution in [0.1, 0.15) is 32.3 Å². The number of likely N-dealkylation sites (tertiary alicyclic amines) is 1. The lowest BCUT2D eigenvalue weighted by molar-refractivity contribution is 0.129. The molecule has 0 aromatic heterocycles. The molecule has 6 heteroatoms.